The third-order valence-electron chi connectivity index (χ3n) is 2.32. The molecule has 0 bridgehead atoms. The molecule has 1 heterocycles. The predicted octanol–water partition coefficient (Wildman–Crippen LogP) is 0.437. The predicted molar refractivity (Wildman–Crippen MR) is 65.7 cm³/mol. The van der Waals surface area contributed by atoms with Gasteiger partial charge >= 0.3 is 0 Å². The number of anilines is 1. The highest BCUT2D eigenvalue weighted by Crippen LogP contribution is 2.06. The van der Waals surface area contributed by atoms with Crippen LogP contribution in [-0.4, -0.2) is 29.4 Å². The Balaban J connectivity index is 2.86. The first kappa shape index (κ1) is 12.7. The van der Waals surface area contributed by atoms with Crippen molar-refractivity contribution in [2.24, 2.45) is 5.73 Å². The summed E-state index contributed by atoms with van der Waals surface area (Å²) in [7, 11) is 1.95. The van der Waals surface area contributed by atoms with Gasteiger partial charge in [-0.05, 0) is 13.3 Å². The molecular formula is C11H20N4O. The lowest BCUT2D eigenvalue weighted by atomic mass is 10.3. The van der Waals surface area contributed by atoms with Gasteiger partial charge in [0.15, 0.2) is 0 Å². The molecule has 0 unspecified atom stereocenters. The molecule has 0 fully saturated rings. The van der Waals surface area contributed by atoms with Crippen molar-refractivity contribution in [2.45, 2.75) is 32.9 Å². The van der Waals surface area contributed by atoms with Crippen LogP contribution in [0.2, 0.25) is 0 Å². The highest BCUT2D eigenvalue weighted by atomic mass is 16.1. The number of hydrogen-bond acceptors (Lipinski definition) is 4. The second-order valence-corrected chi connectivity index (χ2v) is 4.13. The van der Waals surface area contributed by atoms with Gasteiger partial charge in [-0.25, -0.2) is 4.68 Å². The maximum atomic E-state index is 11.7. The summed E-state index contributed by atoms with van der Waals surface area (Å²) in [6, 6.07) is 1.54. The molecule has 0 radical (unpaired) electrons. The molecule has 5 heteroatoms. The Morgan fingerprint density at radius 2 is 2.31 bits per heavy atom. The minimum absolute atomic E-state index is 0.0654. The maximum Gasteiger partial charge on any atom is 0.268 e. The third kappa shape index (κ3) is 3.34. The van der Waals surface area contributed by atoms with Crippen LogP contribution in [-0.2, 0) is 6.54 Å². The van der Waals surface area contributed by atoms with E-state index in [1.165, 1.54) is 4.68 Å². The molecule has 0 aromatic carbocycles. The van der Waals surface area contributed by atoms with E-state index >= 15 is 0 Å². The quantitative estimate of drug-likeness (QED) is 0.788. The van der Waals surface area contributed by atoms with Gasteiger partial charge in [0.1, 0.15) is 0 Å². The smallest absolute Gasteiger partial charge is 0.268 e. The minimum atomic E-state index is -0.0993. The number of hydrogen-bond donors (Lipinski definition) is 1. The molecule has 1 aromatic heterocycles. The van der Waals surface area contributed by atoms with Gasteiger partial charge in [0.25, 0.3) is 5.56 Å². The van der Waals surface area contributed by atoms with Crippen molar-refractivity contribution in [2.75, 3.05) is 18.5 Å². The topological polar surface area (TPSA) is 64.2 Å². The summed E-state index contributed by atoms with van der Waals surface area (Å²) in [6.07, 6.45) is 2.75. The Morgan fingerprint density at radius 1 is 1.62 bits per heavy atom. The van der Waals surface area contributed by atoms with Gasteiger partial charge in [0, 0.05) is 25.7 Å². The summed E-state index contributed by atoms with van der Waals surface area (Å²) < 4.78 is 1.40. The van der Waals surface area contributed by atoms with Gasteiger partial charge in [0.2, 0.25) is 0 Å². The zero-order chi connectivity index (χ0) is 12.1. The number of aromatic nitrogens is 2. The van der Waals surface area contributed by atoms with E-state index < -0.39 is 0 Å². The lowest BCUT2D eigenvalue weighted by Crippen LogP contribution is -2.32. The molecule has 0 spiro atoms. The lowest BCUT2D eigenvalue weighted by Gasteiger charge is -2.18. The van der Waals surface area contributed by atoms with Gasteiger partial charge in [0.05, 0.1) is 18.4 Å². The maximum absolute atomic E-state index is 11.7. The summed E-state index contributed by atoms with van der Waals surface area (Å²) in [5.41, 5.74) is 6.38. The zero-order valence-electron chi connectivity index (χ0n) is 10.2. The summed E-state index contributed by atoms with van der Waals surface area (Å²) >= 11 is 0. The third-order valence-corrected chi connectivity index (χ3v) is 2.32. The van der Waals surface area contributed by atoms with Crippen molar-refractivity contribution in [1.29, 1.82) is 0 Å². The lowest BCUT2D eigenvalue weighted by molar-refractivity contribution is 0.513. The van der Waals surface area contributed by atoms with Gasteiger partial charge in [-0.2, -0.15) is 5.10 Å². The van der Waals surface area contributed by atoms with Crippen LogP contribution in [0.5, 0.6) is 0 Å². The van der Waals surface area contributed by atoms with Crippen molar-refractivity contribution >= 4 is 5.69 Å². The molecule has 5 nitrogen and oxygen atoms in total. The molecule has 0 aliphatic rings. The molecule has 0 saturated carbocycles. The molecule has 1 rings (SSSR count). The summed E-state index contributed by atoms with van der Waals surface area (Å²) in [4.78, 5) is 13.7. The molecule has 0 saturated heterocycles. The van der Waals surface area contributed by atoms with Crippen LogP contribution in [0.4, 0.5) is 5.69 Å². The van der Waals surface area contributed by atoms with Crippen molar-refractivity contribution in [3.8, 4) is 0 Å². The van der Waals surface area contributed by atoms with E-state index in [0.717, 1.165) is 18.7 Å². The van der Waals surface area contributed by atoms with Gasteiger partial charge in [-0.1, -0.05) is 6.92 Å². The molecule has 0 aliphatic carbocycles. The van der Waals surface area contributed by atoms with Crippen LogP contribution in [0.1, 0.15) is 20.3 Å². The van der Waals surface area contributed by atoms with E-state index in [2.05, 4.69) is 12.0 Å². The Kier molecular flexibility index (Phi) is 4.49. The SMILES string of the molecule is CCCN(C)c1cnn(C[C@@H](C)N)c(=O)c1. The van der Waals surface area contributed by atoms with E-state index in [1.807, 2.05) is 18.9 Å². The Labute approximate surface area is 95.9 Å². The molecule has 2 N–H and O–H groups in total. The van der Waals surface area contributed by atoms with E-state index in [4.69, 9.17) is 5.73 Å². The van der Waals surface area contributed by atoms with Crippen LogP contribution in [0.15, 0.2) is 17.1 Å². The van der Waals surface area contributed by atoms with E-state index in [9.17, 15) is 4.79 Å². The monoisotopic (exact) mass is 224 g/mol. The summed E-state index contributed by atoms with van der Waals surface area (Å²) in [6.45, 7) is 5.32. The molecule has 1 aromatic rings. The first-order chi connectivity index (χ1) is 7.54. The van der Waals surface area contributed by atoms with Crippen molar-refractivity contribution in [3.05, 3.63) is 22.6 Å². The minimum Gasteiger partial charge on any atom is -0.373 e. The average molecular weight is 224 g/mol. The van der Waals surface area contributed by atoms with Crippen molar-refractivity contribution in [3.63, 3.8) is 0 Å². The second kappa shape index (κ2) is 5.65. The normalized spacial score (nSPS) is 12.5. The molecule has 0 amide bonds. The van der Waals surface area contributed by atoms with Crippen LogP contribution in [0.3, 0.4) is 0 Å². The molecule has 0 aliphatic heterocycles. The Morgan fingerprint density at radius 3 is 2.81 bits per heavy atom. The van der Waals surface area contributed by atoms with E-state index in [0.29, 0.717) is 6.54 Å². The molecule has 90 valence electrons. The number of nitrogens with zero attached hydrogens (tertiary/aromatic N) is 3. The fourth-order valence-electron chi connectivity index (χ4n) is 1.51. The first-order valence-electron chi connectivity index (χ1n) is 5.58. The van der Waals surface area contributed by atoms with E-state index in [-0.39, 0.29) is 11.6 Å². The van der Waals surface area contributed by atoms with Crippen LogP contribution in [0, 0.1) is 0 Å². The highest BCUT2D eigenvalue weighted by molar-refractivity contribution is 5.41. The zero-order valence-corrected chi connectivity index (χ0v) is 10.2. The highest BCUT2D eigenvalue weighted by Gasteiger charge is 2.05. The fraction of sp³-hybridized carbons (Fsp3) is 0.636. The second-order valence-electron chi connectivity index (χ2n) is 4.13. The average Bonchev–Trinajstić information content (AvgIpc) is 2.20. The van der Waals surface area contributed by atoms with Crippen molar-refractivity contribution < 1.29 is 0 Å². The first-order valence-corrected chi connectivity index (χ1v) is 5.58. The number of nitrogens with two attached hydrogens (primary N) is 1. The fourth-order valence-corrected chi connectivity index (χ4v) is 1.51. The Hall–Kier alpha value is -1.36. The molecular weight excluding hydrogens is 204 g/mol. The summed E-state index contributed by atoms with van der Waals surface area (Å²) in [5, 5.41) is 4.10. The number of rotatable bonds is 5. The van der Waals surface area contributed by atoms with E-state index in [1.54, 1.807) is 12.3 Å². The van der Waals surface area contributed by atoms with Crippen LogP contribution in [0.25, 0.3) is 0 Å². The largest absolute Gasteiger partial charge is 0.373 e. The molecule has 16 heavy (non-hydrogen) atoms. The Bertz CT molecular complexity index is 386. The standard InChI is InChI=1S/C11H20N4O/c1-4-5-14(3)10-6-11(16)15(13-7-10)8-9(2)12/h6-7,9H,4-5,8,12H2,1-3H3/t9-/m1/s1. The summed E-state index contributed by atoms with van der Waals surface area (Å²) in [5.74, 6) is 0. The van der Waals surface area contributed by atoms with Gasteiger partial charge in [-0.15, -0.1) is 0 Å². The van der Waals surface area contributed by atoms with Gasteiger partial charge in [-0.3, -0.25) is 4.79 Å². The van der Waals surface area contributed by atoms with Crippen LogP contribution >= 0.6 is 0 Å². The van der Waals surface area contributed by atoms with Crippen molar-refractivity contribution in [1.82, 2.24) is 9.78 Å². The molecule has 1 atom stereocenters. The van der Waals surface area contributed by atoms with Crippen LogP contribution < -0.4 is 16.2 Å². The van der Waals surface area contributed by atoms with Gasteiger partial charge < -0.3 is 10.6 Å².